The Morgan fingerprint density at radius 1 is 1.41 bits per heavy atom. The van der Waals surface area contributed by atoms with Gasteiger partial charge in [0.25, 0.3) is 0 Å². The molecule has 2 atom stereocenters. The van der Waals surface area contributed by atoms with Crippen molar-refractivity contribution in [2.24, 2.45) is 11.8 Å². The Balaban J connectivity index is 1.54. The molecule has 2 rings (SSSR count). The molecule has 0 aromatic carbocycles. The molecule has 3 nitrogen and oxygen atoms in total. The first-order chi connectivity index (χ1) is 8.31. The third-order valence-electron chi connectivity index (χ3n) is 3.38. The van der Waals surface area contributed by atoms with Gasteiger partial charge >= 0.3 is 0 Å². The summed E-state index contributed by atoms with van der Waals surface area (Å²) in [4.78, 5) is 16.8. The van der Waals surface area contributed by atoms with Gasteiger partial charge in [0, 0.05) is 5.92 Å². The number of nitrogens with one attached hydrogen (secondary N) is 1. The highest BCUT2D eigenvalue weighted by atomic mass is 16.7. The van der Waals surface area contributed by atoms with Gasteiger partial charge in [-0.2, -0.15) is 0 Å². The van der Waals surface area contributed by atoms with E-state index in [-0.39, 0.29) is 11.8 Å². The summed E-state index contributed by atoms with van der Waals surface area (Å²) >= 11 is 0. The molecule has 0 bridgehead atoms. The molecule has 3 heteroatoms. The number of hydroxylamine groups is 1. The second-order valence-corrected chi connectivity index (χ2v) is 5.21. The van der Waals surface area contributed by atoms with Gasteiger partial charge in [-0.25, -0.2) is 5.48 Å². The Bertz CT molecular complexity index is 284. The molecule has 1 amide bonds. The lowest BCUT2D eigenvalue weighted by Crippen LogP contribution is -2.26. The number of hydrogen-bond donors (Lipinski definition) is 1. The van der Waals surface area contributed by atoms with Gasteiger partial charge in [0.2, 0.25) is 5.91 Å². The number of carbonyl (C=O) groups excluding carboxylic acids is 1. The van der Waals surface area contributed by atoms with Gasteiger partial charge in [0.15, 0.2) is 0 Å². The number of hydrogen-bond acceptors (Lipinski definition) is 2. The largest absolute Gasteiger partial charge is 0.272 e. The SMILES string of the molecule is CCCCC/C=C\C1CC1C(=O)NOC1CC1. The van der Waals surface area contributed by atoms with Crippen molar-refractivity contribution < 1.29 is 9.63 Å². The Kier molecular flexibility index (Phi) is 4.60. The van der Waals surface area contributed by atoms with Crippen LogP contribution in [0, 0.1) is 11.8 Å². The lowest BCUT2D eigenvalue weighted by Gasteiger charge is -2.02. The van der Waals surface area contributed by atoms with E-state index in [4.69, 9.17) is 4.84 Å². The standard InChI is InChI=1S/C14H23NO2/c1-2-3-4-5-6-7-11-10-13(11)14(16)15-17-12-8-9-12/h6-7,11-13H,2-5,8-10H2,1H3,(H,15,16)/b7-6-. The van der Waals surface area contributed by atoms with Crippen LogP contribution in [0.1, 0.15) is 51.9 Å². The van der Waals surface area contributed by atoms with Crippen molar-refractivity contribution >= 4 is 5.91 Å². The van der Waals surface area contributed by atoms with Crippen molar-refractivity contribution in [3.8, 4) is 0 Å². The molecule has 0 aromatic rings. The molecule has 2 fully saturated rings. The second kappa shape index (κ2) is 6.20. The molecular weight excluding hydrogens is 214 g/mol. The molecule has 2 saturated carbocycles. The number of allylic oxidation sites excluding steroid dienone is 2. The van der Waals surface area contributed by atoms with Crippen molar-refractivity contribution in [1.82, 2.24) is 5.48 Å². The monoisotopic (exact) mass is 237 g/mol. The van der Waals surface area contributed by atoms with E-state index in [1.165, 1.54) is 19.3 Å². The molecule has 0 heterocycles. The number of amides is 1. The highest BCUT2D eigenvalue weighted by Crippen LogP contribution is 2.40. The smallest absolute Gasteiger partial charge is 0.247 e. The zero-order valence-electron chi connectivity index (χ0n) is 10.7. The maximum atomic E-state index is 11.6. The van der Waals surface area contributed by atoms with E-state index in [1.54, 1.807) is 0 Å². The average molecular weight is 237 g/mol. The fourth-order valence-electron chi connectivity index (χ4n) is 1.92. The predicted molar refractivity (Wildman–Crippen MR) is 67.1 cm³/mol. The van der Waals surface area contributed by atoms with E-state index in [0.717, 1.165) is 25.7 Å². The van der Waals surface area contributed by atoms with Crippen LogP contribution >= 0.6 is 0 Å². The third-order valence-corrected chi connectivity index (χ3v) is 3.38. The summed E-state index contributed by atoms with van der Waals surface area (Å²) in [5.74, 6) is 0.690. The van der Waals surface area contributed by atoms with Crippen molar-refractivity contribution in [2.45, 2.75) is 58.0 Å². The molecule has 0 spiro atoms. The van der Waals surface area contributed by atoms with E-state index >= 15 is 0 Å². The zero-order chi connectivity index (χ0) is 12.1. The predicted octanol–water partition coefficient (Wildman–Crippen LogP) is 2.97. The lowest BCUT2D eigenvalue weighted by atomic mass is 10.2. The van der Waals surface area contributed by atoms with E-state index in [2.05, 4.69) is 24.6 Å². The molecule has 17 heavy (non-hydrogen) atoms. The van der Waals surface area contributed by atoms with Gasteiger partial charge in [-0.1, -0.05) is 31.9 Å². The number of carbonyl (C=O) groups is 1. The molecular formula is C14H23NO2. The first-order valence-corrected chi connectivity index (χ1v) is 6.93. The molecule has 96 valence electrons. The fourth-order valence-corrected chi connectivity index (χ4v) is 1.92. The molecule has 1 N–H and O–H groups in total. The highest BCUT2D eigenvalue weighted by molar-refractivity contribution is 5.81. The zero-order valence-corrected chi connectivity index (χ0v) is 10.7. The Hall–Kier alpha value is -0.830. The van der Waals surface area contributed by atoms with E-state index in [0.29, 0.717) is 12.0 Å². The van der Waals surface area contributed by atoms with Crippen molar-refractivity contribution in [3.05, 3.63) is 12.2 Å². The van der Waals surface area contributed by atoms with Crippen LogP contribution in [0.3, 0.4) is 0 Å². The second-order valence-electron chi connectivity index (χ2n) is 5.21. The van der Waals surface area contributed by atoms with Crippen LogP contribution in [0.2, 0.25) is 0 Å². The summed E-state index contributed by atoms with van der Waals surface area (Å²) in [5.41, 5.74) is 2.57. The van der Waals surface area contributed by atoms with Gasteiger partial charge in [0.05, 0.1) is 6.10 Å². The van der Waals surface area contributed by atoms with Gasteiger partial charge in [0.1, 0.15) is 0 Å². The van der Waals surface area contributed by atoms with Gasteiger partial charge in [-0.05, 0) is 38.0 Å². The normalized spacial score (nSPS) is 27.4. The van der Waals surface area contributed by atoms with Crippen LogP contribution in [0.15, 0.2) is 12.2 Å². The van der Waals surface area contributed by atoms with Crippen LogP contribution in [-0.2, 0) is 9.63 Å². The minimum absolute atomic E-state index is 0.0695. The van der Waals surface area contributed by atoms with Crippen LogP contribution in [0.25, 0.3) is 0 Å². The maximum absolute atomic E-state index is 11.6. The molecule has 2 aliphatic rings. The maximum Gasteiger partial charge on any atom is 0.247 e. The first kappa shape index (κ1) is 12.6. The van der Waals surface area contributed by atoms with Crippen LogP contribution < -0.4 is 5.48 Å². The molecule has 0 aromatic heterocycles. The topological polar surface area (TPSA) is 38.3 Å². The number of rotatable bonds is 8. The van der Waals surface area contributed by atoms with Gasteiger partial charge in [-0.15, -0.1) is 0 Å². The summed E-state index contributed by atoms with van der Waals surface area (Å²) in [6.07, 6.45) is 12.9. The van der Waals surface area contributed by atoms with E-state index in [1.807, 2.05) is 0 Å². The molecule has 0 aliphatic heterocycles. The van der Waals surface area contributed by atoms with Crippen molar-refractivity contribution in [3.63, 3.8) is 0 Å². The van der Waals surface area contributed by atoms with Crippen LogP contribution in [0.5, 0.6) is 0 Å². The van der Waals surface area contributed by atoms with Crippen molar-refractivity contribution in [1.29, 1.82) is 0 Å². The van der Waals surface area contributed by atoms with Crippen LogP contribution in [-0.4, -0.2) is 12.0 Å². The van der Waals surface area contributed by atoms with Crippen molar-refractivity contribution in [2.75, 3.05) is 0 Å². The van der Waals surface area contributed by atoms with E-state index < -0.39 is 0 Å². The first-order valence-electron chi connectivity index (χ1n) is 6.93. The molecule has 2 aliphatic carbocycles. The van der Waals surface area contributed by atoms with E-state index in [9.17, 15) is 4.79 Å². The summed E-state index contributed by atoms with van der Waals surface area (Å²) in [5, 5.41) is 0. The van der Waals surface area contributed by atoms with Crippen LogP contribution in [0.4, 0.5) is 0 Å². The van der Waals surface area contributed by atoms with Gasteiger partial charge < -0.3 is 0 Å². The highest BCUT2D eigenvalue weighted by Gasteiger charge is 2.41. The quantitative estimate of drug-likeness (QED) is 0.400. The lowest BCUT2D eigenvalue weighted by molar-refractivity contribution is -0.136. The Morgan fingerprint density at radius 3 is 2.94 bits per heavy atom. The number of unbranched alkanes of at least 4 members (excludes halogenated alkanes) is 3. The molecule has 0 radical (unpaired) electrons. The average Bonchev–Trinajstić information content (AvgIpc) is 3.20. The molecule has 0 saturated heterocycles. The minimum Gasteiger partial charge on any atom is -0.272 e. The Morgan fingerprint density at radius 2 is 2.24 bits per heavy atom. The summed E-state index contributed by atoms with van der Waals surface area (Å²) in [6.45, 7) is 2.21. The third kappa shape index (κ3) is 4.50. The summed E-state index contributed by atoms with van der Waals surface area (Å²) in [6, 6.07) is 0. The molecule has 2 unspecified atom stereocenters. The summed E-state index contributed by atoms with van der Waals surface area (Å²) in [7, 11) is 0. The minimum atomic E-state index is 0.0695. The van der Waals surface area contributed by atoms with Gasteiger partial charge in [-0.3, -0.25) is 9.63 Å². The summed E-state index contributed by atoms with van der Waals surface area (Å²) < 4.78 is 0. The Labute approximate surface area is 104 Å². The fraction of sp³-hybridized carbons (Fsp3) is 0.786.